The molecule has 0 aliphatic carbocycles. The quantitative estimate of drug-likeness (QED) is 0.669. The summed E-state index contributed by atoms with van der Waals surface area (Å²) in [5.41, 5.74) is 1.11. The average Bonchev–Trinajstić information content (AvgIpc) is 2.49. The molecule has 0 aliphatic rings. The van der Waals surface area contributed by atoms with E-state index in [1.165, 1.54) is 0 Å². The van der Waals surface area contributed by atoms with Crippen molar-refractivity contribution in [2.45, 2.75) is 26.8 Å². The second-order valence-corrected chi connectivity index (χ2v) is 4.94. The molecule has 0 fully saturated rings. The summed E-state index contributed by atoms with van der Waals surface area (Å²) >= 11 is 0. The van der Waals surface area contributed by atoms with Crippen molar-refractivity contribution in [1.82, 2.24) is 5.32 Å². The molecule has 0 bridgehead atoms. The summed E-state index contributed by atoms with van der Waals surface area (Å²) in [6, 6.07) is 5.99. The highest BCUT2D eigenvalue weighted by atomic mass is 16.5. The lowest BCUT2D eigenvalue weighted by atomic mass is 10.1. The van der Waals surface area contributed by atoms with Crippen LogP contribution < -0.4 is 14.8 Å². The van der Waals surface area contributed by atoms with Gasteiger partial charge in [-0.1, -0.05) is 32.4 Å². The van der Waals surface area contributed by atoms with Gasteiger partial charge in [0.25, 0.3) is 0 Å². The molecule has 0 saturated carbocycles. The average molecular weight is 281 g/mol. The zero-order valence-electron chi connectivity index (χ0n) is 13.1. The smallest absolute Gasteiger partial charge is 0.165 e. The van der Waals surface area contributed by atoms with Crippen molar-refractivity contribution in [3.8, 4) is 11.5 Å². The number of hydrogen-bond acceptors (Lipinski definition) is 4. The Morgan fingerprint density at radius 1 is 1.25 bits per heavy atom. The molecular weight excluding hydrogens is 254 g/mol. The third kappa shape index (κ3) is 5.39. The molecule has 0 radical (unpaired) electrons. The third-order valence-corrected chi connectivity index (χ3v) is 3.29. The first-order valence-electron chi connectivity index (χ1n) is 7.21. The number of hydrogen-bond donors (Lipinski definition) is 1. The maximum atomic E-state index is 5.97. The fraction of sp³-hybridized carbons (Fsp3) is 0.625. The molecule has 0 aliphatic heterocycles. The minimum atomic E-state index is 0.536. The molecule has 0 aromatic heterocycles. The summed E-state index contributed by atoms with van der Waals surface area (Å²) in [7, 11) is 3.38. The Bertz CT molecular complexity index is 382. The Balaban J connectivity index is 2.70. The van der Waals surface area contributed by atoms with Crippen LogP contribution in [0.4, 0.5) is 0 Å². The van der Waals surface area contributed by atoms with E-state index in [0.29, 0.717) is 19.1 Å². The van der Waals surface area contributed by atoms with Crippen molar-refractivity contribution >= 4 is 0 Å². The van der Waals surface area contributed by atoms with Crippen molar-refractivity contribution in [2.75, 3.05) is 34.0 Å². The van der Waals surface area contributed by atoms with Crippen LogP contribution in [0.2, 0.25) is 0 Å². The number of benzene rings is 1. The van der Waals surface area contributed by atoms with Crippen LogP contribution in [0.15, 0.2) is 18.2 Å². The van der Waals surface area contributed by atoms with E-state index < -0.39 is 0 Å². The van der Waals surface area contributed by atoms with E-state index in [-0.39, 0.29) is 0 Å². The Labute approximate surface area is 122 Å². The monoisotopic (exact) mass is 281 g/mol. The number of nitrogens with one attached hydrogen (secondary N) is 1. The maximum Gasteiger partial charge on any atom is 0.165 e. The SMILES string of the molecule is CCC(C)COc1c(CNCCOC)cccc1OC. The van der Waals surface area contributed by atoms with Crippen molar-refractivity contribution in [3.63, 3.8) is 0 Å². The molecule has 4 nitrogen and oxygen atoms in total. The molecule has 1 N–H and O–H groups in total. The molecule has 114 valence electrons. The van der Waals surface area contributed by atoms with Gasteiger partial charge in [-0.3, -0.25) is 0 Å². The first-order valence-corrected chi connectivity index (χ1v) is 7.21. The van der Waals surface area contributed by atoms with Gasteiger partial charge in [0.15, 0.2) is 11.5 Å². The second kappa shape index (κ2) is 9.61. The third-order valence-electron chi connectivity index (χ3n) is 3.29. The summed E-state index contributed by atoms with van der Waals surface area (Å²) in [6.07, 6.45) is 1.11. The highest BCUT2D eigenvalue weighted by Crippen LogP contribution is 2.31. The number of methoxy groups -OCH3 is 2. The minimum Gasteiger partial charge on any atom is -0.493 e. The second-order valence-electron chi connectivity index (χ2n) is 4.94. The van der Waals surface area contributed by atoms with E-state index in [4.69, 9.17) is 14.2 Å². The lowest BCUT2D eigenvalue weighted by Gasteiger charge is -2.17. The van der Waals surface area contributed by atoms with E-state index in [1.807, 2.05) is 12.1 Å². The predicted octanol–water partition coefficient (Wildman–Crippen LogP) is 2.86. The molecule has 0 amide bonds. The van der Waals surface area contributed by atoms with Gasteiger partial charge in [0, 0.05) is 25.8 Å². The molecule has 0 heterocycles. The molecule has 0 saturated heterocycles. The minimum absolute atomic E-state index is 0.536. The van der Waals surface area contributed by atoms with Gasteiger partial charge in [0.2, 0.25) is 0 Å². The lowest BCUT2D eigenvalue weighted by molar-refractivity contribution is 0.198. The van der Waals surface area contributed by atoms with Gasteiger partial charge in [-0.25, -0.2) is 0 Å². The molecule has 1 aromatic carbocycles. The fourth-order valence-electron chi connectivity index (χ4n) is 1.77. The van der Waals surface area contributed by atoms with Crippen LogP contribution in [0.1, 0.15) is 25.8 Å². The highest BCUT2D eigenvalue weighted by Gasteiger charge is 2.11. The number of rotatable bonds is 10. The van der Waals surface area contributed by atoms with Gasteiger partial charge in [-0.05, 0) is 12.0 Å². The Morgan fingerprint density at radius 3 is 2.70 bits per heavy atom. The van der Waals surface area contributed by atoms with Gasteiger partial charge in [-0.2, -0.15) is 0 Å². The van der Waals surface area contributed by atoms with E-state index in [0.717, 1.165) is 36.6 Å². The summed E-state index contributed by atoms with van der Waals surface area (Å²) in [5.74, 6) is 2.17. The Morgan fingerprint density at radius 2 is 2.05 bits per heavy atom. The van der Waals surface area contributed by atoms with Gasteiger partial charge in [0.05, 0.1) is 20.3 Å². The highest BCUT2D eigenvalue weighted by molar-refractivity contribution is 5.46. The molecular formula is C16H27NO3. The molecule has 1 aromatic rings. The van der Waals surface area contributed by atoms with E-state index in [1.54, 1.807) is 14.2 Å². The van der Waals surface area contributed by atoms with Crippen LogP contribution in [-0.2, 0) is 11.3 Å². The number of ether oxygens (including phenoxy) is 3. The van der Waals surface area contributed by atoms with Crippen LogP contribution in [-0.4, -0.2) is 34.0 Å². The molecule has 0 spiro atoms. The first-order chi connectivity index (χ1) is 9.72. The summed E-state index contributed by atoms with van der Waals surface area (Å²) in [6.45, 7) is 7.33. The Kier molecular flexibility index (Phi) is 8.07. The van der Waals surface area contributed by atoms with Crippen molar-refractivity contribution in [1.29, 1.82) is 0 Å². The van der Waals surface area contributed by atoms with Crippen molar-refractivity contribution < 1.29 is 14.2 Å². The summed E-state index contributed by atoms with van der Waals surface area (Å²) in [4.78, 5) is 0. The molecule has 1 atom stereocenters. The Hall–Kier alpha value is -1.26. The van der Waals surface area contributed by atoms with Gasteiger partial charge < -0.3 is 19.5 Å². The standard InChI is InChI=1S/C16H27NO3/c1-5-13(2)12-20-16-14(11-17-9-10-18-3)7-6-8-15(16)19-4/h6-8,13,17H,5,9-12H2,1-4H3. The lowest BCUT2D eigenvalue weighted by Crippen LogP contribution is -2.19. The first kappa shape index (κ1) is 16.8. The van der Waals surface area contributed by atoms with Gasteiger partial charge >= 0.3 is 0 Å². The molecule has 4 heteroatoms. The summed E-state index contributed by atoms with van der Waals surface area (Å²) in [5, 5.41) is 3.34. The van der Waals surface area contributed by atoms with E-state index in [9.17, 15) is 0 Å². The van der Waals surface area contributed by atoms with Crippen LogP contribution in [0.25, 0.3) is 0 Å². The molecule has 1 rings (SSSR count). The van der Waals surface area contributed by atoms with Crippen LogP contribution in [0, 0.1) is 5.92 Å². The van der Waals surface area contributed by atoms with Gasteiger partial charge in [-0.15, -0.1) is 0 Å². The predicted molar refractivity (Wildman–Crippen MR) is 81.5 cm³/mol. The fourth-order valence-corrected chi connectivity index (χ4v) is 1.77. The van der Waals surface area contributed by atoms with Crippen molar-refractivity contribution in [2.24, 2.45) is 5.92 Å². The topological polar surface area (TPSA) is 39.7 Å². The summed E-state index contributed by atoms with van der Waals surface area (Å²) < 4.78 is 16.4. The van der Waals surface area contributed by atoms with Crippen LogP contribution >= 0.6 is 0 Å². The van der Waals surface area contributed by atoms with E-state index >= 15 is 0 Å². The number of para-hydroxylation sites is 1. The maximum absolute atomic E-state index is 5.97. The zero-order valence-corrected chi connectivity index (χ0v) is 13.1. The zero-order chi connectivity index (χ0) is 14.8. The molecule has 20 heavy (non-hydrogen) atoms. The van der Waals surface area contributed by atoms with Crippen LogP contribution in [0.5, 0.6) is 11.5 Å². The largest absolute Gasteiger partial charge is 0.493 e. The normalized spacial score (nSPS) is 12.2. The van der Waals surface area contributed by atoms with Gasteiger partial charge in [0.1, 0.15) is 0 Å². The molecule has 1 unspecified atom stereocenters. The van der Waals surface area contributed by atoms with E-state index in [2.05, 4.69) is 25.2 Å². The van der Waals surface area contributed by atoms with Crippen LogP contribution in [0.3, 0.4) is 0 Å². The van der Waals surface area contributed by atoms with Crippen molar-refractivity contribution in [3.05, 3.63) is 23.8 Å².